The van der Waals surface area contributed by atoms with E-state index in [2.05, 4.69) is 31.4 Å². The molecule has 2 amide bonds. The fourth-order valence-corrected chi connectivity index (χ4v) is 3.63. The maximum atomic E-state index is 12.8. The van der Waals surface area contributed by atoms with E-state index in [0.29, 0.717) is 18.3 Å². The van der Waals surface area contributed by atoms with Gasteiger partial charge in [-0.3, -0.25) is 0 Å². The van der Waals surface area contributed by atoms with Crippen molar-refractivity contribution in [2.75, 3.05) is 19.0 Å². The first kappa shape index (κ1) is 18.5. The van der Waals surface area contributed by atoms with E-state index >= 15 is 0 Å². The van der Waals surface area contributed by atoms with Gasteiger partial charge in [0, 0.05) is 16.6 Å². The highest BCUT2D eigenvalue weighted by molar-refractivity contribution is 9.10. The molecular weight excluding hydrogens is 424 g/mol. The Hall–Kier alpha value is -2.87. The lowest BCUT2D eigenvalue weighted by Gasteiger charge is -2.22. The molecule has 1 unspecified atom stereocenters. The molecule has 0 aliphatic carbocycles. The van der Waals surface area contributed by atoms with Crippen molar-refractivity contribution in [1.82, 2.24) is 15.0 Å². The molecule has 1 N–H and O–H groups in total. The van der Waals surface area contributed by atoms with Crippen molar-refractivity contribution < 1.29 is 14.1 Å². The first-order chi connectivity index (χ1) is 13.7. The molecule has 144 valence electrons. The minimum Gasteiger partial charge on any atom is -0.497 e. The smallest absolute Gasteiger partial charge is 0.322 e. The highest BCUT2D eigenvalue weighted by Gasteiger charge is 2.34. The third-order valence-corrected chi connectivity index (χ3v) is 5.40. The topological polar surface area (TPSA) is 80.5 Å². The van der Waals surface area contributed by atoms with Crippen LogP contribution in [0.5, 0.6) is 5.75 Å². The normalized spacial score (nSPS) is 16.2. The fourth-order valence-electron chi connectivity index (χ4n) is 3.24. The number of nitrogens with zero attached hydrogens (tertiary/aromatic N) is 3. The number of halogens is 1. The summed E-state index contributed by atoms with van der Waals surface area (Å²) in [5.41, 5.74) is 1.56. The van der Waals surface area contributed by atoms with E-state index < -0.39 is 0 Å². The maximum Gasteiger partial charge on any atom is 0.322 e. The molecule has 8 heteroatoms. The van der Waals surface area contributed by atoms with E-state index in [4.69, 9.17) is 9.26 Å². The second-order valence-corrected chi connectivity index (χ2v) is 7.30. The number of carbonyl (C=O) groups is 1. The van der Waals surface area contributed by atoms with Crippen LogP contribution in [0.15, 0.2) is 57.5 Å². The van der Waals surface area contributed by atoms with Crippen LogP contribution in [0, 0.1) is 0 Å². The van der Waals surface area contributed by atoms with Crippen LogP contribution in [0.2, 0.25) is 0 Å². The first-order valence-electron chi connectivity index (χ1n) is 8.96. The van der Waals surface area contributed by atoms with Gasteiger partial charge in [-0.1, -0.05) is 17.3 Å². The van der Waals surface area contributed by atoms with Crippen molar-refractivity contribution in [2.24, 2.45) is 0 Å². The van der Waals surface area contributed by atoms with Gasteiger partial charge in [0.15, 0.2) is 0 Å². The van der Waals surface area contributed by atoms with Crippen molar-refractivity contribution in [3.8, 4) is 17.1 Å². The van der Waals surface area contributed by atoms with Crippen molar-refractivity contribution in [2.45, 2.75) is 18.9 Å². The number of hydrogen-bond donors (Lipinski definition) is 1. The van der Waals surface area contributed by atoms with Gasteiger partial charge in [-0.05, 0) is 65.2 Å². The van der Waals surface area contributed by atoms with Crippen LogP contribution in [0.4, 0.5) is 10.5 Å². The number of hydrogen-bond acceptors (Lipinski definition) is 5. The third-order valence-electron chi connectivity index (χ3n) is 4.70. The molecule has 0 spiro atoms. The van der Waals surface area contributed by atoms with Gasteiger partial charge in [-0.2, -0.15) is 4.98 Å². The molecule has 1 fully saturated rings. The molecule has 2 aromatic carbocycles. The van der Waals surface area contributed by atoms with Gasteiger partial charge in [0.1, 0.15) is 11.8 Å². The molecule has 1 aliphatic rings. The Kier molecular flexibility index (Phi) is 5.29. The summed E-state index contributed by atoms with van der Waals surface area (Å²) in [7, 11) is 1.62. The van der Waals surface area contributed by atoms with Crippen LogP contribution in [0.1, 0.15) is 24.8 Å². The average molecular weight is 443 g/mol. The van der Waals surface area contributed by atoms with Crippen molar-refractivity contribution in [1.29, 1.82) is 0 Å². The lowest BCUT2D eigenvalue weighted by atomic mass is 10.2. The number of benzene rings is 2. The number of carbonyl (C=O) groups excluding carboxylic acids is 1. The van der Waals surface area contributed by atoms with Crippen molar-refractivity contribution in [3.05, 3.63) is 58.9 Å². The predicted octanol–water partition coefficient (Wildman–Crippen LogP) is 4.88. The second-order valence-electron chi connectivity index (χ2n) is 6.45. The van der Waals surface area contributed by atoms with E-state index in [1.807, 2.05) is 48.5 Å². The number of aromatic nitrogens is 2. The lowest BCUT2D eigenvalue weighted by Crippen LogP contribution is -2.34. The quantitative estimate of drug-likeness (QED) is 0.622. The Morgan fingerprint density at radius 1 is 1.25 bits per heavy atom. The lowest BCUT2D eigenvalue weighted by molar-refractivity contribution is 0.193. The molecule has 0 bridgehead atoms. The van der Waals surface area contributed by atoms with Gasteiger partial charge >= 0.3 is 6.03 Å². The van der Waals surface area contributed by atoms with Gasteiger partial charge in [0.2, 0.25) is 11.7 Å². The van der Waals surface area contributed by atoms with E-state index in [-0.39, 0.29) is 12.1 Å². The molecule has 1 atom stereocenters. The van der Waals surface area contributed by atoms with Crippen LogP contribution >= 0.6 is 15.9 Å². The van der Waals surface area contributed by atoms with Crippen LogP contribution in [-0.4, -0.2) is 34.7 Å². The molecule has 0 radical (unpaired) electrons. The minimum atomic E-state index is -0.234. The molecular formula is C20H19BrN4O3. The number of para-hydroxylation sites is 1. The summed E-state index contributed by atoms with van der Waals surface area (Å²) in [4.78, 5) is 19.1. The van der Waals surface area contributed by atoms with Gasteiger partial charge < -0.3 is 19.5 Å². The third kappa shape index (κ3) is 3.73. The minimum absolute atomic E-state index is 0.182. The Morgan fingerprint density at radius 2 is 2.04 bits per heavy atom. The molecule has 2 heterocycles. The predicted molar refractivity (Wildman–Crippen MR) is 108 cm³/mol. The number of amides is 2. The zero-order valence-corrected chi connectivity index (χ0v) is 16.8. The zero-order valence-electron chi connectivity index (χ0n) is 15.3. The molecule has 1 aromatic heterocycles. The Bertz CT molecular complexity index is 974. The summed E-state index contributed by atoms with van der Waals surface area (Å²) >= 11 is 3.45. The highest BCUT2D eigenvalue weighted by atomic mass is 79.9. The average Bonchev–Trinajstić information content (AvgIpc) is 3.39. The van der Waals surface area contributed by atoms with Crippen LogP contribution in [-0.2, 0) is 0 Å². The van der Waals surface area contributed by atoms with Gasteiger partial charge in [-0.15, -0.1) is 0 Å². The van der Waals surface area contributed by atoms with Crippen molar-refractivity contribution in [3.63, 3.8) is 0 Å². The second kappa shape index (κ2) is 8.02. The molecule has 7 nitrogen and oxygen atoms in total. The zero-order chi connectivity index (χ0) is 19.5. The van der Waals surface area contributed by atoms with Gasteiger partial charge in [-0.25, -0.2) is 4.79 Å². The summed E-state index contributed by atoms with van der Waals surface area (Å²) in [6, 6.07) is 14.5. The SMILES string of the molecule is COc1ccc(-c2noc(C3CCCN3C(=O)Nc3ccccc3Br)n2)cc1. The van der Waals surface area contributed by atoms with E-state index in [1.165, 1.54) is 0 Å². The molecule has 0 saturated carbocycles. The molecule has 3 aromatic rings. The van der Waals surface area contributed by atoms with Gasteiger partial charge in [0.05, 0.1) is 12.8 Å². The maximum absolute atomic E-state index is 12.8. The molecule has 28 heavy (non-hydrogen) atoms. The van der Waals surface area contributed by atoms with E-state index in [1.54, 1.807) is 12.0 Å². The van der Waals surface area contributed by atoms with Crippen LogP contribution < -0.4 is 10.1 Å². The number of ether oxygens (including phenoxy) is 1. The van der Waals surface area contributed by atoms with Crippen LogP contribution in [0.25, 0.3) is 11.4 Å². The van der Waals surface area contributed by atoms with Crippen molar-refractivity contribution >= 4 is 27.6 Å². The standard InChI is InChI=1S/C20H19BrN4O3/c1-27-14-10-8-13(9-11-14)18-23-19(28-24-18)17-7-4-12-25(17)20(26)22-16-6-3-2-5-15(16)21/h2-3,5-6,8-11,17H,4,7,12H2,1H3,(H,22,26). The summed E-state index contributed by atoms with van der Waals surface area (Å²) in [5, 5.41) is 7.02. The number of likely N-dealkylation sites (tertiary alicyclic amines) is 1. The monoisotopic (exact) mass is 442 g/mol. The first-order valence-corrected chi connectivity index (χ1v) is 9.75. The largest absolute Gasteiger partial charge is 0.497 e. The number of nitrogens with one attached hydrogen (secondary N) is 1. The molecule has 1 saturated heterocycles. The molecule has 4 rings (SSSR count). The summed E-state index contributed by atoms with van der Waals surface area (Å²) in [6.07, 6.45) is 1.67. The Labute approximate surface area is 170 Å². The summed E-state index contributed by atoms with van der Waals surface area (Å²) in [5.74, 6) is 1.71. The number of anilines is 1. The van der Waals surface area contributed by atoms with E-state index in [0.717, 1.165) is 34.3 Å². The summed E-state index contributed by atoms with van der Waals surface area (Å²) < 4.78 is 11.5. The number of rotatable bonds is 4. The van der Waals surface area contributed by atoms with Gasteiger partial charge in [0.25, 0.3) is 0 Å². The van der Waals surface area contributed by atoms with Crippen LogP contribution in [0.3, 0.4) is 0 Å². The van der Waals surface area contributed by atoms with E-state index in [9.17, 15) is 4.79 Å². The summed E-state index contributed by atoms with van der Waals surface area (Å²) in [6.45, 7) is 0.640. The Balaban J connectivity index is 1.51. The molecule has 1 aliphatic heterocycles. The highest BCUT2D eigenvalue weighted by Crippen LogP contribution is 2.33. The number of methoxy groups -OCH3 is 1. The fraction of sp³-hybridized carbons (Fsp3) is 0.250. The number of urea groups is 1. The Morgan fingerprint density at radius 3 is 2.79 bits per heavy atom.